The molecule has 0 bridgehead atoms. The molecule has 1 saturated carbocycles. The van der Waals surface area contributed by atoms with Crippen molar-refractivity contribution in [2.45, 2.75) is 57.6 Å². The Kier molecular flexibility index (Phi) is 4.18. The molecule has 1 fully saturated rings. The van der Waals surface area contributed by atoms with Crippen LogP contribution in [0.3, 0.4) is 0 Å². The van der Waals surface area contributed by atoms with Gasteiger partial charge in [-0.25, -0.2) is 4.98 Å². The minimum absolute atomic E-state index is 0.193. The third-order valence-corrected chi connectivity index (χ3v) is 4.02. The van der Waals surface area contributed by atoms with Crippen molar-refractivity contribution in [1.29, 1.82) is 0 Å². The second-order valence-electron chi connectivity index (χ2n) is 4.45. The molecular weight excluding hydrogens is 220 g/mol. The van der Waals surface area contributed by atoms with E-state index in [0.29, 0.717) is 0 Å². The molecule has 0 aromatic carbocycles. The molecule has 0 spiro atoms. The fourth-order valence-electron chi connectivity index (χ4n) is 2.15. The third kappa shape index (κ3) is 2.95. The molecule has 90 valence electrons. The summed E-state index contributed by atoms with van der Waals surface area (Å²) in [6, 6.07) is 0.193. The number of nitrogens with one attached hydrogen (secondary N) is 1. The fraction of sp³-hybridized carbons (Fsp3) is 0.750. The highest BCUT2D eigenvalue weighted by atomic mass is 32.1. The molecule has 16 heavy (non-hydrogen) atoms. The molecule has 0 amide bonds. The van der Waals surface area contributed by atoms with Gasteiger partial charge in [0.2, 0.25) is 0 Å². The molecule has 1 heterocycles. The summed E-state index contributed by atoms with van der Waals surface area (Å²) < 4.78 is 0. The smallest absolute Gasteiger partial charge is 0.183 e. The van der Waals surface area contributed by atoms with Gasteiger partial charge in [-0.15, -0.1) is 11.3 Å². The van der Waals surface area contributed by atoms with Crippen LogP contribution in [0.25, 0.3) is 0 Å². The maximum atomic E-state index is 9.99. The lowest BCUT2D eigenvalue weighted by Gasteiger charge is -2.21. The average molecular weight is 240 g/mol. The maximum absolute atomic E-state index is 9.99. The first kappa shape index (κ1) is 11.9. The van der Waals surface area contributed by atoms with E-state index in [2.05, 4.69) is 22.6 Å². The van der Waals surface area contributed by atoms with Gasteiger partial charge in [-0.2, -0.15) is 0 Å². The van der Waals surface area contributed by atoms with Gasteiger partial charge in [0.1, 0.15) is 0 Å². The van der Waals surface area contributed by atoms with E-state index in [1.54, 1.807) is 11.3 Å². The van der Waals surface area contributed by atoms with Crippen LogP contribution in [-0.2, 0) is 6.42 Å². The molecule has 2 unspecified atom stereocenters. The van der Waals surface area contributed by atoms with Crippen molar-refractivity contribution in [1.82, 2.24) is 4.98 Å². The van der Waals surface area contributed by atoms with E-state index in [4.69, 9.17) is 0 Å². The largest absolute Gasteiger partial charge is 0.391 e. The van der Waals surface area contributed by atoms with Crippen molar-refractivity contribution in [2.75, 3.05) is 5.32 Å². The van der Waals surface area contributed by atoms with Gasteiger partial charge in [-0.1, -0.05) is 26.2 Å². The minimum Gasteiger partial charge on any atom is -0.391 e. The molecule has 2 rings (SSSR count). The Labute approximate surface area is 101 Å². The lowest BCUT2D eigenvalue weighted by Crippen LogP contribution is -2.32. The number of hydrogen-bond acceptors (Lipinski definition) is 4. The first-order valence-corrected chi connectivity index (χ1v) is 7.06. The molecule has 2 N–H and O–H groups in total. The predicted molar refractivity (Wildman–Crippen MR) is 68.0 cm³/mol. The number of hydrogen-bond donors (Lipinski definition) is 2. The Balaban J connectivity index is 1.96. The van der Waals surface area contributed by atoms with Gasteiger partial charge >= 0.3 is 0 Å². The number of aromatic nitrogens is 1. The van der Waals surface area contributed by atoms with Crippen LogP contribution < -0.4 is 5.32 Å². The number of thiazole rings is 1. The quantitative estimate of drug-likeness (QED) is 0.799. The minimum atomic E-state index is -0.212. The van der Waals surface area contributed by atoms with Crippen LogP contribution in [0.2, 0.25) is 0 Å². The zero-order valence-corrected chi connectivity index (χ0v) is 10.6. The van der Waals surface area contributed by atoms with Crippen molar-refractivity contribution in [3.8, 4) is 0 Å². The summed E-state index contributed by atoms with van der Waals surface area (Å²) in [5, 5.41) is 16.4. The van der Waals surface area contributed by atoms with Crippen LogP contribution in [0.4, 0.5) is 5.13 Å². The summed E-state index contributed by atoms with van der Waals surface area (Å²) in [6.45, 7) is 2.11. The van der Waals surface area contributed by atoms with Gasteiger partial charge in [0.05, 0.1) is 17.8 Å². The van der Waals surface area contributed by atoms with Gasteiger partial charge in [-0.05, 0) is 19.3 Å². The molecule has 1 aliphatic carbocycles. The Bertz CT molecular complexity index is 327. The normalized spacial score (nSPS) is 26.4. The molecule has 1 aromatic rings. The number of anilines is 1. The monoisotopic (exact) mass is 240 g/mol. The number of aliphatic hydroxyl groups excluding tert-OH is 1. The Hall–Kier alpha value is -0.610. The van der Waals surface area contributed by atoms with Crippen molar-refractivity contribution in [3.63, 3.8) is 0 Å². The van der Waals surface area contributed by atoms with Gasteiger partial charge in [0.15, 0.2) is 5.13 Å². The second kappa shape index (κ2) is 5.64. The highest BCUT2D eigenvalue weighted by Gasteiger charge is 2.22. The number of rotatable bonds is 3. The molecule has 4 heteroatoms. The number of nitrogens with zero attached hydrogens (tertiary/aromatic N) is 1. The van der Waals surface area contributed by atoms with Crippen LogP contribution in [0, 0.1) is 0 Å². The van der Waals surface area contributed by atoms with Crippen molar-refractivity contribution in [2.24, 2.45) is 0 Å². The SMILES string of the molecule is CCc1csc(NC2CCCCCC2O)n1. The van der Waals surface area contributed by atoms with Crippen LogP contribution in [0.5, 0.6) is 0 Å². The predicted octanol–water partition coefficient (Wildman–Crippen LogP) is 2.81. The summed E-state index contributed by atoms with van der Waals surface area (Å²) in [4.78, 5) is 4.48. The zero-order chi connectivity index (χ0) is 11.4. The zero-order valence-electron chi connectivity index (χ0n) is 9.78. The summed E-state index contributed by atoms with van der Waals surface area (Å²) >= 11 is 1.64. The van der Waals surface area contributed by atoms with Crippen molar-refractivity contribution in [3.05, 3.63) is 11.1 Å². The fourth-order valence-corrected chi connectivity index (χ4v) is 3.01. The van der Waals surface area contributed by atoms with Gasteiger partial charge in [0.25, 0.3) is 0 Å². The lowest BCUT2D eigenvalue weighted by molar-refractivity contribution is 0.144. The number of aliphatic hydroxyl groups is 1. The van der Waals surface area contributed by atoms with E-state index in [1.807, 2.05) is 0 Å². The van der Waals surface area contributed by atoms with Gasteiger partial charge in [0, 0.05) is 5.38 Å². The van der Waals surface area contributed by atoms with Crippen molar-refractivity contribution < 1.29 is 5.11 Å². The molecule has 1 aromatic heterocycles. The molecule has 1 aliphatic rings. The summed E-state index contributed by atoms with van der Waals surface area (Å²) in [5.74, 6) is 0. The van der Waals surface area contributed by atoms with Gasteiger partial charge < -0.3 is 10.4 Å². The molecule has 0 aliphatic heterocycles. The van der Waals surface area contributed by atoms with Crippen LogP contribution in [0.1, 0.15) is 44.7 Å². The summed E-state index contributed by atoms with van der Waals surface area (Å²) in [7, 11) is 0. The van der Waals surface area contributed by atoms with E-state index in [-0.39, 0.29) is 12.1 Å². The summed E-state index contributed by atoms with van der Waals surface area (Å²) in [6.07, 6.45) is 6.35. The Morgan fingerprint density at radius 1 is 1.44 bits per heavy atom. The standard InChI is InChI=1S/C12H20N2OS/c1-2-9-8-16-12(13-9)14-10-6-4-3-5-7-11(10)15/h8,10-11,15H,2-7H2,1H3,(H,13,14). The first-order chi connectivity index (χ1) is 7.79. The van der Waals surface area contributed by atoms with Crippen LogP contribution >= 0.6 is 11.3 Å². The van der Waals surface area contributed by atoms with E-state index >= 15 is 0 Å². The first-order valence-electron chi connectivity index (χ1n) is 6.18. The topological polar surface area (TPSA) is 45.1 Å². The third-order valence-electron chi connectivity index (χ3n) is 3.20. The van der Waals surface area contributed by atoms with E-state index in [0.717, 1.165) is 36.5 Å². The molecule has 2 atom stereocenters. The maximum Gasteiger partial charge on any atom is 0.183 e. The lowest BCUT2D eigenvalue weighted by atomic mass is 10.1. The average Bonchev–Trinajstić information content (AvgIpc) is 2.65. The van der Waals surface area contributed by atoms with Crippen LogP contribution in [0.15, 0.2) is 5.38 Å². The number of aryl methyl sites for hydroxylation is 1. The molecule has 0 saturated heterocycles. The second-order valence-corrected chi connectivity index (χ2v) is 5.31. The molecular formula is C12H20N2OS. The van der Waals surface area contributed by atoms with E-state index < -0.39 is 0 Å². The molecule has 3 nitrogen and oxygen atoms in total. The van der Waals surface area contributed by atoms with Crippen molar-refractivity contribution >= 4 is 16.5 Å². The van der Waals surface area contributed by atoms with Crippen LogP contribution in [-0.4, -0.2) is 22.2 Å². The molecule has 0 radical (unpaired) electrons. The van der Waals surface area contributed by atoms with E-state index in [1.165, 1.54) is 12.8 Å². The Morgan fingerprint density at radius 3 is 3.00 bits per heavy atom. The Morgan fingerprint density at radius 2 is 2.25 bits per heavy atom. The van der Waals surface area contributed by atoms with Gasteiger partial charge in [-0.3, -0.25) is 0 Å². The highest BCUT2D eigenvalue weighted by molar-refractivity contribution is 7.13. The summed E-state index contributed by atoms with van der Waals surface area (Å²) in [5.41, 5.74) is 1.13. The highest BCUT2D eigenvalue weighted by Crippen LogP contribution is 2.23. The van der Waals surface area contributed by atoms with E-state index in [9.17, 15) is 5.11 Å².